The van der Waals surface area contributed by atoms with Gasteiger partial charge in [-0.05, 0) is 81.4 Å². The normalized spacial score (nSPS) is 28.8. The minimum atomic E-state index is -1.68. The number of carbonyl (C=O) groups is 3. The Hall–Kier alpha value is -2.26. The molecular weight excluding hydrogens is 506 g/mol. The Kier molecular flexibility index (Phi) is 8.27. The number of esters is 2. The van der Waals surface area contributed by atoms with Crippen molar-refractivity contribution < 1.29 is 33.7 Å². The first-order valence-electron chi connectivity index (χ1n) is 13.1. The lowest BCUT2D eigenvalue weighted by atomic mass is 9.80. The van der Waals surface area contributed by atoms with Crippen molar-refractivity contribution in [1.82, 2.24) is 5.32 Å². The van der Waals surface area contributed by atoms with E-state index < -0.39 is 70.1 Å². The number of nitrogens with one attached hydrogen (secondary N) is 1. The van der Waals surface area contributed by atoms with Gasteiger partial charge in [0, 0.05) is 28.4 Å². The largest absolute Gasteiger partial charge is 0.460 e. The number of aryl methyl sites for hydroxylation is 1. The van der Waals surface area contributed by atoms with Crippen LogP contribution in [0.25, 0.3) is 0 Å². The Morgan fingerprint density at radius 2 is 1.42 bits per heavy atom. The maximum Gasteiger partial charge on any atom is 0.408 e. The first-order valence-corrected chi connectivity index (χ1v) is 14.1. The number of carbonyl (C=O) groups excluding carboxylic acids is 3. The molecule has 2 aliphatic rings. The monoisotopic (exact) mass is 549 g/mol. The molecule has 0 bridgehead atoms. The third kappa shape index (κ3) is 6.84. The van der Waals surface area contributed by atoms with Crippen LogP contribution >= 0.6 is 11.8 Å². The van der Waals surface area contributed by atoms with Gasteiger partial charge in [-0.3, -0.25) is 4.79 Å². The first kappa shape index (κ1) is 30.3. The molecule has 0 saturated heterocycles. The third-order valence-corrected chi connectivity index (χ3v) is 7.70. The van der Waals surface area contributed by atoms with Crippen LogP contribution in [0.4, 0.5) is 4.79 Å². The third-order valence-electron chi connectivity index (χ3n) is 6.57. The van der Waals surface area contributed by atoms with Gasteiger partial charge in [0.2, 0.25) is 0 Å². The van der Waals surface area contributed by atoms with Gasteiger partial charge in [-0.25, -0.2) is 9.59 Å². The van der Waals surface area contributed by atoms with Crippen LogP contribution in [-0.2, 0) is 23.8 Å². The number of fused-ring (bicyclic) bond motifs is 1. The molecule has 1 amide bonds. The van der Waals surface area contributed by atoms with Gasteiger partial charge in [0.05, 0.1) is 12.0 Å². The zero-order valence-electron chi connectivity index (χ0n) is 24.2. The Morgan fingerprint density at radius 1 is 0.895 bits per heavy atom. The van der Waals surface area contributed by atoms with Crippen LogP contribution < -0.4 is 5.32 Å². The molecule has 2 N–H and O–H groups in total. The minimum absolute atomic E-state index is 0.313. The van der Waals surface area contributed by atoms with Crippen LogP contribution in [-0.4, -0.2) is 57.3 Å². The minimum Gasteiger partial charge on any atom is -0.460 e. The summed E-state index contributed by atoms with van der Waals surface area (Å²) in [5.41, 5.74) is -3.00. The van der Waals surface area contributed by atoms with E-state index in [1.54, 1.807) is 62.3 Å². The molecule has 8 nitrogen and oxygen atoms in total. The van der Waals surface area contributed by atoms with Crippen molar-refractivity contribution in [3.63, 3.8) is 0 Å². The van der Waals surface area contributed by atoms with Gasteiger partial charge < -0.3 is 24.6 Å². The molecule has 2 fully saturated rings. The topological polar surface area (TPSA) is 111 Å². The second-order valence-corrected chi connectivity index (χ2v) is 14.5. The average molecular weight is 550 g/mol. The molecule has 1 aromatic carbocycles. The molecule has 0 unspecified atom stereocenters. The fourth-order valence-corrected chi connectivity index (χ4v) is 6.37. The summed E-state index contributed by atoms with van der Waals surface area (Å²) in [7, 11) is 0. The highest BCUT2D eigenvalue weighted by Crippen LogP contribution is 2.66. The van der Waals surface area contributed by atoms with Crippen LogP contribution in [0.1, 0.15) is 67.9 Å². The highest BCUT2D eigenvalue weighted by atomic mass is 32.2. The van der Waals surface area contributed by atoms with Crippen LogP contribution in [0.3, 0.4) is 0 Å². The van der Waals surface area contributed by atoms with E-state index in [4.69, 9.17) is 14.2 Å². The number of hydrogen-bond acceptors (Lipinski definition) is 8. The van der Waals surface area contributed by atoms with Gasteiger partial charge in [-0.15, -0.1) is 11.8 Å². The lowest BCUT2D eigenvalue weighted by Gasteiger charge is -2.40. The molecule has 38 heavy (non-hydrogen) atoms. The summed E-state index contributed by atoms with van der Waals surface area (Å²) in [5, 5.41) is 14.4. The number of rotatable bonds is 6. The number of amides is 1. The number of benzene rings is 1. The summed E-state index contributed by atoms with van der Waals surface area (Å²) in [5.74, 6) is -3.63. The molecule has 0 heterocycles. The highest BCUT2D eigenvalue weighted by Gasteiger charge is 2.80. The Labute approximate surface area is 230 Å². The van der Waals surface area contributed by atoms with Crippen molar-refractivity contribution in [2.24, 2.45) is 23.7 Å². The standard InChI is InChI=1S/C29H43NO7S/c1-16-11-13-17(14-12-16)38-15-18-22(31)19-20(23(32)35-26(2,3)4)21(19)29(18,24(33)36-27(5,6)7)30-25(34)37-28(8,9)10/h11-14,18-22,31H,15H2,1-10H3,(H,30,34)/t18-,19+,20+,21+,22-,29+/m1/s1. The van der Waals surface area contributed by atoms with E-state index >= 15 is 0 Å². The van der Waals surface area contributed by atoms with E-state index in [9.17, 15) is 19.5 Å². The van der Waals surface area contributed by atoms with Crippen LogP contribution in [0.5, 0.6) is 0 Å². The van der Waals surface area contributed by atoms with Crippen molar-refractivity contribution in [3.05, 3.63) is 29.8 Å². The van der Waals surface area contributed by atoms with Gasteiger partial charge in [-0.2, -0.15) is 0 Å². The summed E-state index contributed by atoms with van der Waals surface area (Å²) in [6.07, 6.45) is -1.85. The Bertz CT molecular complexity index is 1050. The molecule has 0 aromatic heterocycles. The Morgan fingerprint density at radius 3 is 1.92 bits per heavy atom. The second-order valence-electron chi connectivity index (χ2n) is 13.4. The SMILES string of the molecule is Cc1ccc(SC[C@@H]2[C@@H](O)[C@H]3[C@H](C(=O)OC(C)(C)C)[C@H]3[C@]2(NC(=O)OC(C)(C)C)C(=O)OC(C)(C)C)cc1. The quantitative estimate of drug-likeness (QED) is 0.293. The van der Waals surface area contributed by atoms with Gasteiger partial charge in [-0.1, -0.05) is 17.7 Å². The van der Waals surface area contributed by atoms with E-state index in [0.717, 1.165) is 10.5 Å². The number of alkyl carbamates (subject to hydrolysis) is 1. The van der Waals surface area contributed by atoms with Gasteiger partial charge in [0.15, 0.2) is 5.54 Å². The molecule has 6 atom stereocenters. The number of aliphatic hydroxyl groups excluding tert-OH is 1. The van der Waals surface area contributed by atoms with Gasteiger partial charge in [0.1, 0.15) is 16.8 Å². The van der Waals surface area contributed by atoms with E-state index in [1.165, 1.54) is 11.8 Å². The number of ether oxygens (including phenoxy) is 3. The molecule has 212 valence electrons. The van der Waals surface area contributed by atoms with Gasteiger partial charge in [0.25, 0.3) is 0 Å². The second kappa shape index (κ2) is 10.4. The van der Waals surface area contributed by atoms with Crippen molar-refractivity contribution >= 4 is 29.8 Å². The van der Waals surface area contributed by atoms with Gasteiger partial charge >= 0.3 is 18.0 Å². The molecular formula is C29H43NO7S. The highest BCUT2D eigenvalue weighted by molar-refractivity contribution is 7.99. The number of thioether (sulfide) groups is 1. The lowest BCUT2D eigenvalue weighted by Crippen LogP contribution is -2.64. The van der Waals surface area contributed by atoms with E-state index in [2.05, 4.69) is 5.32 Å². The molecule has 2 saturated carbocycles. The maximum absolute atomic E-state index is 14.0. The number of aliphatic hydroxyl groups is 1. The van der Waals surface area contributed by atoms with E-state index in [-0.39, 0.29) is 0 Å². The van der Waals surface area contributed by atoms with Crippen LogP contribution in [0.2, 0.25) is 0 Å². The van der Waals surface area contributed by atoms with Crippen LogP contribution in [0.15, 0.2) is 29.2 Å². The summed E-state index contributed by atoms with van der Waals surface area (Å²) >= 11 is 1.47. The zero-order chi connectivity index (χ0) is 28.8. The summed E-state index contributed by atoms with van der Waals surface area (Å²) < 4.78 is 17.0. The fraction of sp³-hybridized carbons (Fsp3) is 0.690. The molecule has 0 radical (unpaired) electrons. The summed E-state index contributed by atoms with van der Waals surface area (Å²) in [6.45, 7) is 17.7. The average Bonchev–Trinajstić information content (AvgIpc) is 3.41. The lowest BCUT2D eigenvalue weighted by molar-refractivity contribution is -0.169. The smallest absolute Gasteiger partial charge is 0.408 e. The molecule has 1 aromatic rings. The van der Waals surface area contributed by atoms with Crippen molar-refractivity contribution in [2.45, 2.75) is 103 Å². The molecule has 0 spiro atoms. The van der Waals surface area contributed by atoms with Crippen molar-refractivity contribution in [3.8, 4) is 0 Å². The maximum atomic E-state index is 14.0. The zero-order valence-corrected chi connectivity index (χ0v) is 25.0. The first-order chi connectivity index (χ1) is 17.2. The van der Waals surface area contributed by atoms with Crippen molar-refractivity contribution in [2.75, 3.05) is 5.75 Å². The summed E-state index contributed by atoms with van der Waals surface area (Å²) in [4.78, 5) is 41.3. The summed E-state index contributed by atoms with van der Waals surface area (Å²) in [6, 6.07) is 7.93. The molecule has 2 aliphatic carbocycles. The Balaban J connectivity index is 2.04. The van der Waals surface area contributed by atoms with E-state index in [0.29, 0.717) is 5.75 Å². The fourth-order valence-electron chi connectivity index (χ4n) is 5.20. The molecule has 0 aliphatic heterocycles. The number of hydrogen-bond donors (Lipinski definition) is 2. The molecule has 9 heteroatoms. The molecule has 3 rings (SSSR count). The van der Waals surface area contributed by atoms with Crippen molar-refractivity contribution in [1.29, 1.82) is 0 Å². The predicted octanol–water partition coefficient (Wildman–Crippen LogP) is 4.89. The van der Waals surface area contributed by atoms with E-state index in [1.807, 2.05) is 31.2 Å². The van der Waals surface area contributed by atoms with Crippen LogP contribution in [0, 0.1) is 30.6 Å². The predicted molar refractivity (Wildman–Crippen MR) is 146 cm³/mol.